The molecule has 6 heteroatoms. The fraction of sp³-hybridized carbons (Fsp3) is 0.714. The van der Waals surface area contributed by atoms with Gasteiger partial charge in [-0.1, -0.05) is 15.9 Å². The van der Waals surface area contributed by atoms with Gasteiger partial charge < -0.3 is 19.8 Å². The van der Waals surface area contributed by atoms with Crippen LogP contribution in [-0.2, 0) is 9.59 Å². The minimum Gasteiger partial charge on any atom is -0.550 e. The largest absolute Gasteiger partial charge is 2.00 e. The Bertz CT molecular complexity index is 127. The van der Waals surface area contributed by atoms with Gasteiger partial charge in [-0.15, -0.1) is 0 Å². The Kier molecular flexibility index (Phi) is 17.7. The van der Waals surface area contributed by atoms with Crippen molar-refractivity contribution in [3.63, 3.8) is 0 Å². The topological polar surface area (TPSA) is 80.3 Å². The van der Waals surface area contributed by atoms with E-state index in [0.29, 0.717) is 0 Å². The average Bonchev–Trinajstić information content (AvgIpc) is 2.46. The minimum absolute atomic E-state index is 0. The first-order valence-electron chi connectivity index (χ1n) is 3.35. The molecule has 0 heterocycles. The number of carboxylic acid groups (broad SMARTS) is 2. The van der Waals surface area contributed by atoms with Gasteiger partial charge in [-0.05, 0) is 26.7 Å². The Morgan fingerprint density at radius 1 is 1.15 bits per heavy atom. The van der Waals surface area contributed by atoms with Crippen LogP contribution in [0.3, 0.4) is 0 Å². The molecule has 0 radical (unpaired) electrons. The maximum absolute atomic E-state index is 8.89. The van der Waals surface area contributed by atoms with Crippen molar-refractivity contribution in [2.75, 3.05) is 0 Å². The molecular weight excluding hydrogens is 252 g/mol. The van der Waals surface area contributed by atoms with E-state index in [9.17, 15) is 0 Å². The zero-order chi connectivity index (χ0) is 10.1. The monoisotopic (exact) mass is 262 g/mol. The summed E-state index contributed by atoms with van der Waals surface area (Å²) in [6, 6.07) is 0. The van der Waals surface area contributed by atoms with Crippen LogP contribution in [-0.4, -0.2) is 39.8 Å². The van der Waals surface area contributed by atoms with Crippen LogP contribution in [0.4, 0.5) is 0 Å². The fourth-order valence-corrected chi connectivity index (χ4v) is 0.327. The Hall–Kier alpha value is 0.186. The van der Waals surface area contributed by atoms with Crippen molar-refractivity contribution in [2.24, 2.45) is 0 Å². The van der Waals surface area contributed by atoms with Gasteiger partial charge in [-0.2, -0.15) is 0 Å². The molecule has 0 aromatic carbocycles. The molecule has 0 aromatic rings. The van der Waals surface area contributed by atoms with Crippen LogP contribution in [0.1, 0.15) is 26.7 Å². The molecule has 1 aliphatic carbocycles. The first-order chi connectivity index (χ1) is 5.36. The summed E-state index contributed by atoms with van der Waals surface area (Å²) in [6.45, 7) is 1.94. The van der Waals surface area contributed by atoms with Crippen molar-refractivity contribution in [1.29, 1.82) is 0 Å². The van der Waals surface area contributed by atoms with Gasteiger partial charge in [0.2, 0.25) is 0 Å². The smallest absolute Gasteiger partial charge is 0.550 e. The second-order valence-electron chi connectivity index (χ2n) is 2.16. The number of halogens is 1. The molecule has 1 rings (SSSR count). The third-order valence-electron chi connectivity index (χ3n) is 0.507. The van der Waals surface area contributed by atoms with Gasteiger partial charge in [-0.25, -0.2) is 0 Å². The quantitative estimate of drug-likeness (QED) is 0.401. The summed E-state index contributed by atoms with van der Waals surface area (Å²) < 4.78 is 0. The summed E-state index contributed by atoms with van der Waals surface area (Å²) in [5.74, 6) is -2.17. The molecule has 0 saturated heterocycles. The van der Waals surface area contributed by atoms with Crippen LogP contribution in [0.5, 0.6) is 0 Å². The molecule has 0 unspecified atom stereocenters. The van der Waals surface area contributed by atoms with Gasteiger partial charge >= 0.3 is 23.1 Å². The Balaban J connectivity index is -0.000000111. The van der Waals surface area contributed by atoms with Gasteiger partial charge in [0.25, 0.3) is 0 Å². The molecule has 1 saturated carbocycles. The SMILES string of the molecule is BrC1CC1.CC(=O)[O-].CC(=O)[O-].[Mg+2]. The van der Waals surface area contributed by atoms with Crippen molar-refractivity contribution >= 4 is 50.9 Å². The molecule has 0 aliphatic heterocycles. The van der Waals surface area contributed by atoms with Gasteiger partial charge in [-0.3, -0.25) is 0 Å². The van der Waals surface area contributed by atoms with Crippen LogP contribution < -0.4 is 10.2 Å². The summed E-state index contributed by atoms with van der Waals surface area (Å²) in [5.41, 5.74) is 0. The average molecular weight is 263 g/mol. The van der Waals surface area contributed by atoms with Gasteiger partial charge in [0.05, 0.1) is 0 Å². The Morgan fingerprint density at radius 2 is 1.23 bits per heavy atom. The van der Waals surface area contributed by atoms with Gasteiger partial charge in [0, 0.05) is 16.8 Å². The molecule has 72 valence electrons. The van der Waals surface area contributed by atoms with Crippen LogP contribution >= 0.6 is 15.9 Å². The first kappa shape index (κ1) is 18.9. The second-order valence-corrected chi connectivity index (χ2v) is 3.45. The van der Waals surface area contributed by atoms with E-state index in [1.165, 1.54) is 12.8 Å². The fourth-order valence-electron chi connectivity index (χ4n) is 0.0630. The van der Waals surface area contributed by atoms with Crippen molar-refractivity contribution in [1.82, 2.24) is 0 Å². The number of carbonyl (C=O) groups excluding carboxylic acids is 2. The van der Waals surface area contributed by atoms with E-state index in [0.717, 1.165) is 18.7 Å². The van der Waals surface area contributed by atoms with Gasteiger partial charge in [0.15, 0.2) is 0 Å². The van der Waals surface area contributed by atoms with E-state index < -0.39 is 11.9 Å². The summed E-state index contributed by atoms with van der Waals surface area (Å²) in [6.07, 6.45) is 2.81. The van der Waals surface area contributed by atoms with Crippen molar-refractivity contribution in [3.05, 3.63) is 0 Å². The van der Waals surface area contributed by atoms with Crippen molar-refractivity contribution < 1.29 is 19.8 Å². The Labute approximate surface area is 102 Å². The molecule has 0 bridgehead atoms. The zero-order valence-electron chi connectivity index (χ0n) is 7.71. The molecule has 4 nitrogen and oxygen atoms in total. The first-order valence-corrected chi connectivity index (χ1v) is 4.27. The second kappa shape index (κ2) is 12.2. The molecule has 0 amide bonds. The third kappa shape index (κ3) is 125. The standard InChI is InChI=1S/C3H5Br.2C2H4O2.Mg/c4-3-1-2-3;2*1-2(3)4;/h3H,1-2H2;2*1H3,(H,3,4);/q;;;+2/p-2. The minimum atomic E-state index is -1.08. The molecule has 13 heavy (non-hydrogen) atoms. The molecule has 1 fully saturated rings. The number of rotatable bonds is 0. The predicted molar refractivity (Wildman–Crippen MR) is 49.1 cm³/mol. The molecule has 0 spiro atoms. The van der Waals surface area contributed by atoms with Crippen LogP contribution in [0.15, 0.2) is 0 Å². The number of hydrogen-bond donors (Lipinski definition) is 0. The summed E-state index contributed by atoms with van der Waals surface area (Å²) in [5, 5.41) is 17.8. The number of carboxylic acids is 2. The molecular formula is C7H11BrMgO4. The Morgan fingerprint density at radius 3 is 1.23 bits per heavy atom. The van der Waals surface area contributed by atoms with Crippen LogP contribution in [0.2, 0.25) is 0 Å². The van der Waals surface area contributed by atoms with Gasteiger partial charge in [0.1, 0.15) is 0 Å². The van der Waals surface area contributed by atoms with E-state index in [-0.39, 0.29) is 23.1 Å². The molecule has 0 N–H and O–H groups in total. The van der Waals surface area contributed by atoms with E-state index in [2.05, 4.69) is 15.9 Å². The van der Waals surface area contributed by atoms with E-state index in [1.807, 2.05) is 0 Å². The number of carbonyl (C=O) groups is 2. The number of aliphatic carboxylic acids is 2. The van der Waals surface area contributed by atoms with Crippen molar-refractivity contribution in [3.8, 4) is 0 Å². The third-order valence-corrected chi connectivity index (χ3v) is 1.42. The normalized spacial score (nSPS) is 11.9. The maximum Gasteiger partial charge on any atom is 2.00 e. The summed E-state index contributed by atoms with van der Waals surface area (Å²) >= 11 is 3.38. The maximum atomic E-state index is 8.89. The van der Waals surface area contributed by atoms with E-state index in [1.54, 1.807) is 0 Å². The van der Waals surface area contributed by atoms with E-state index >= 15 is 0 Å². The van der Waals surface area contributed by atoms with Crippen LogP contribution in [0, 0.1) is 0 Å². The zero-order valence-corrected chi connectivity index (χ0v) is 10.7. The molecule has 0 aromatic heterocycles. The number of alkyl halides is 1. The predicted octanol–water partition coefficient (Wildman–Crippen LogP) is -1.32. The van der Waals surface area contributed by atoms with Crippen LogP contribution in [0.25, 0.3) is 0 Å². The van der Waals surface area contributed by atoms with E-state index in [4.69, 9.17) is 19.8 Å². The molecule has 0 atom stereocenters. The number of hydrogen-bond acceptors (Lipinski definition) is 4. The van der Waals surface area contributed by atoms with Crippen molar-refractivity contribution in [2.45, 2.75) is 31.5 Å². The molecule has 1 aliphatic rings. The summed E-state index contributed by atoms with van der Waals surface area (Å²) in [4.78, 5) is 18.7. The summed E-state index contributed by atoms with van der Waals surface area (Å²) in [7, 11) is 0.